The van der Waals surface area contributed by atoms with E-state index in [2.05, 4.69) is 50.7 Å². The zero-order valence-corrected chi connectivity index (χ0v) is 16.3. The van der Waals surface area contributed by atoms with Crippen molar-refractivity contribution in [3.63, 3.8) is 0 Å². The Bertz CT molecular complexity index is 741. The minimum Gasteiger partial charge on any atom is -0.256 e. The van der Waals surface area contributed by atoms with Gasteiger partial charge in [-0.05, 0) is 38.3 Å². The largest absolute Gasteiger partial charge is 0.256 e. The molecule has 1 aromatic heterocycles. The third-order valence-electron chi connectivity index (χ3n) is 2.58. The van der Waals surface area contributed by atoms with Gasteiger partial charge in [0.25, 0.3) is 0 Å². The zero-order chi connectivity index (χ0) is 19.6. The Morgan fingerprint density at radius 2 is 1.70 bits per heavy atom. The Morgan fingerprint density at radius 3 is 2.22 bits per heavy atom. The van der Waals surface area contributed by atoms with Crippen molar-refractivity contribution < 1.29 is 0 Å². The quantitative estimate of drug-likeness (QED) is 0.435. The fourth-order valence-corrected chi connectivity index (χ4v) is 1.44. The van der Waals surface area contributed by atoms with E-state index in [0.717, 1.165) is 5.70 Å². The van der Waals surface area contributed by atoms with E-state index >= 15 is 0 Å². The van der Waals surface area contributed by atoms with E-state index in [1.165, 1.54) is 0 Å². The van der Waals surface area contributed by atoms with Crippen LogP contribution in [-0.4, -0.2) is 35.6 Å². The first kappa shape index (κ1) is 26.4. The zero-order valence-electron chi connectivity index (χ0n) is 15.4. The molecule has 27 heavy (non-hydrogen) atoms. The highest BCUT2D eigenvalue weighted by molar-refractivity contribution is 7.79. The summed E-state index contributed by atoms with van der Waals surface area (Å²) in [5.41, 5.74) is 1.37. The van der Waals surface area contributed by atoms with Crippen molar-refractivity contribution in [1.29, 1.82) is 0 Å². The van der Waals surface area contributed by atoms with Crippen LogP contribution in [0.2, 0.25) is 0 Å². The highest BCUT2D eigenvalue weighted by Gasteiger charge is 1.95. The number of thiol groups is 1. The van der Waals surface area contributed by atoms with Crippen molar-refractivity contribution in [3.8, 4) is 0 Å². The summed E-state index contributed by atoms with van der Waals surface area (Å²) < 4.78 is 0. The average Bonchev–Trinajstić information content (AvgIpc) is 2.70. The maximum absolute atomic E-state index is 4.34. The van der Waals surface area contributed by atoms with Crippen LogP contribution < -0.4 is 0 Å². The summed E-state index contributed by atoms with van der Waals surface area (Å²) in [6.07, 6.45) is 15.1. The monoisotopic (exact) mass is 383 g/mol. The van der Waals surface area contributed by atoms with Gasteiger partial charge in [-0.3, -0.25) is 9.98 Å². The minimum atomic E-state index is 0. The molecule has 0 radical (unpaired) electrons. The molecule has 0 spiro atoms. The molecule has 0 bridgehead atoms. The van der Waals surface area contributed by atoms with Crippen LogP contribution in [0.4, 0.5) is 11.6 Å². The summed E-state index contributed by atoms with van der Waals surface area (Å²) >= 11 is 3.53. The molecule has 0 saturated heterocycles. The van der Waals surface area contributed by atoms with Gasteiger partial charge in [0.2, 0.25) is 0 Å². The fourth-order valence-electron chi connectivity index (χ4n) is 1.44. The van der Waals surface area contributed by atoms with Gasteiger partial charge in [0.15, 0.2) is 11.6 Å². The van der Waals surface area contributed by atoms with E-state index in [1.54, 1.807) is 55.4 Å². The van der Waals surface area contributed by atoms with Crippen molar-refractivity contribution in [2.75, 3.05) is 6.26 Å². The number of nitrogens with zero attached hydrogens (tertiary/aromatic N) is 5. The number of allylic oxidation sites excluding steroid dienone is 5. The predicted octanol–water partition coefficient (Wildman–Crippen LogP) is 5.99. The van der Waals surface area contributed by atoms with Crippen molar-refractivity contribution in [1.82, 2.24) is 4.98 Å². The van der Waals surface area contributed by atoms with Crippen LogP contribution in [-0.2, 0) is 0 Å². The Labute approximate surface area is 168 Å². The van der Waals surface area contributed by atoms with Gasteiger partial charge in [-0.25, -0.2) is 15.0 Å². The van der Waals surface area contributed by atoms with Crippen LogP contribution >= 0.6 is 12.6 Å². The van der Waals surface area contributed by atoms with Crippen LogP contribution in [0.5, 0.6) is 0 Å². The van der Waals surface area contributed by atoms with E-state index in [1.807, 2.05) is 32.1 Å². The normalized spacial score (nSPS) is 12.3. The van der Waals surface area contributed by atoms with E-state index in [4.69, 9.17) is 0 Å². The van der Waals surface area contributed by atoms with Gasteiger partial charge in [-0.15, -0.1) is 0 Å². The van der Waals surface area contributed by atoms with Crippen LogP contribution in [0.25, 0.3) is 0 Å². The second kappa shape index (κ2) is 17.9. The standard InChI is InChI=1S/C19H21N5.CH4S.CH4/c1-5-12-20-16(7-3)14-22-18-10-9-11-19(24-18)23-15-17(8-4)21-13-6-2;1-2;/h5-15H,1,4H2,2-3H3;2H,1H3;1H4/b13-6-,16-7-,20-12?,21-17-,22-14?,23-15+;;. The van der Waals surface area contributed by atoms with Gasteiger partial charge in [0.05, 0.1) is 23.8 Å². The highest BCUT2D eigenvalue weighted by Crippen LogP contribution is 2.14. The molecule has 0 fully saturated rings. The molecule has 6 heteroatoms. The molecule has 1 rings (SSSR count). The number of hydrogen-bond donors (Lipinski definition) is 1. The molecule has 0 aliphatic carbocycles. The van der Waals surface area contributed by atoms with Crippen molar-refractivity contribution >= 4 is 48.6 Å². The lowest BCUT2D eigenvalue weighted by Gasteiger charge is -1.96. The lowest BCUT2D eigenvalue weighted by atomic mass is 10.4. The Balaban J connectivity index is 0. The van der Waals surface area contributed by atoms with Crippen molar-refractivity contribution in [3.05, 3.63) is 67.6 Å². The SMILES string of the molecule is C.C=CC=N/C(C=Nc1cccc(/N=C/C(C=C)=N\C=C/C)n1)=C\C.CS. The van der Waals surface area contributed by atoms with Gasteiger partial charge in [-0.2, -0.15) is 12.6 Å². The lowest BCUT2D eigenvalue weighted by Crippen LogP contribution is -1.93. The van der Waals surface area contributed by atoms with Gasteiger partial charge in [0, 0.05) is 12.4 Å². The highest BCUT2D eigenvalue weighted by atomic mass is 32.1. The first-order valence-corrected chi connectivity index (χ1v) is 8.75. The Morgan fingerprint density at radius 1 is 1.07 bits per heavy atom. The van der Waals surface area contributed by atoms with Crippen LogP contribution in [0, 0.1) is 0 Å². The van der Waals surface area contributed by atoms with Crippen LogP contribution in [0.3, 0.4) is 0 Å². The third-order valence-corrected chi connectivity index (χ3v) is 2.58. The van der Waals surface area contributed by atoms with E-state index in [0.29, 0.717) is 17.3 Å². The summed E-state index contributed by atoms with van der Waals surface area (Å²) in [5, 5.41) is 0. The number of pyridine rings is 1. The summed E-state index contributed by atoms with van der Waals surface area (Å²) in [6.45, 7) is 11.1. The molecule has 1 aromatic rings. The van der Waals surface area contributed by atoms with Crippen molar-refractivity contribution in [2.24, 2.45) is 20.0 Å². The third kappa shape index (κ3) is 12.2. The summed E-state index contributed by atoms with van der Waals surface area (Å²) in [4.78, 5) is 21.3. The van der Waals surface area contributed by atoms with Crippen LogP contribution in [0.15, 0.2) is 87.5 Å². The van der Waals surface area contributed by atoms with Gasteiger partial charge >= 0.3 is 0 Å². The molecule has 0 saturated carbocycles. The lowest BCUT2D eigenvalue weighted by molar-refractivity contribution is 1.24. The molecule has 0 amide bonds. The maximum atomic E-state index is 4.34. The Kier molecular flexibility index (Phi) is 17.5. The molecular weight excluding hydrogens is 354 g/mol. The van der Waals surface area contributed by atoms with Gasteiger partial charge < -0.3 is 0 Å². The number of aromatic nitrogens is 1. The molecule has 0 aliphatic heterocycles. The molecule has 144 valence electrons. The summed E-state index contributed by atoms with van der Waals surface area (Å²) in [7, 11) is 0. The topological polar surface area (TPSA) is 62.3 Å². The van der Waals surface area contributed by atoms with Gasteiger partial charge in [-0.1, -0.05) is 44.9 Å². The molecule has 0 aliphatic rings. The molecular formula is C21H29N5S. The van der Waals surface area contributed by atoms with E-state index in [9.17, 15) is 0 Å². The first-order chi connectivity index (χ1) is 12.7. The number of hydrogen-bond acceptors (Lipinski definition) is 6. The maximum Gasteiger partial charge on any atom is 0.154 e. The average molecular weight is 384 g/mol. The molecule has 0 N–H and O–H groups in total. The van der Waals surface area contributed by atoms with E-state index < -0.39 is 0 Å². The number of aliphatic imine (C=N–C) groups is 4. The number of rotatable bonds is 8. The molecule has 1 heterocycles. The summed E-state index contributed by atoms with van der Waals surface area (Å²) in [6, 6.07) is 5.42. The molecule has 0 unspecified atom stereocenters. The minimum absolute atomic E-state index is 0. The fraction of sp³-hybridized carbons (Fsp3) is 0.190. The second-order valence-electron chi connectivity index (χ2n) is 4.34. The Hall–Kier alpha value is -2.86. The van der Waals surface area contributed by atoms with Crippen LogP contribution in [0.1, 0.15) is 21.3 Å². The summed E-state index contributed by atoms with van der Waals surface area (Å²) in [5.74, 6) is 1.08. The molecule has 5 nitrogen and oxygen atoms in total. The molecule has 0 atom stereocenters. The van der Waals surface area contributed by atoms with Crippen molar-refractivity contribution in [2.45, 2.75) is 21.3 Å². The first-order valence-electron chi connectivity index (χ1n) is 7.86. The van der Waals surface area contributed by atoms with Gasteiger partial charge in [0.1, 0.15) is 0 Å². The smallest absolute Gasteiger partial charge is 0.154 e. The second-order valence-corrected chi connectivity index (χ2v) is 4.34. The predicted molar refractivity (Wildman–Crippen MR) is 127 cm³/mol. The molecule has 0 aromatic carbocycles. The van der Waals surface area contributed by atoms with E-state index in [-0.39, 0.29) is 7.43 Å².